The van der Waals surface area contributed by atoms with Gasteiger partial charge in [-0.2, -0.15) is 4.31 Å². The Morgan fingerprint density at radius 1 is 1.07 bits per heavy atom. The third-order valence-corrected chi connectivity index (χ3v) is 7.94. The summed E-state index contributed by atoms with van der Waals surface area (Å²) in [6.07, 6.45) is 3.44. The number of benzene rings is 2. The van der Waals surface area contributed by atoms with Crippen molar-refractivity contribution in [2.24, 2.45) is 11.8 Å². The first-order chi connectivity index (χ1) is 14.4. The molecule has 5 rings (SSSR count). The van der Waals surface area contributed by atoms with Crippen LogP contribution in [-0.4, -0.2) is 42.9 Å². The van der Waals surface area contributed by atoms with Crippen LogP contribution in [0.15, 0.2) is 65.8 Å². The van der Waals surface area contributed by atoms with E-state index in [1.165, 1.54) is 16.4 Å². The second-order valence-electron chi connectivity index (χ2n) is 7.63. The zero-order chi connectivity index (χ0) is 20.9. The normalized spacial score (nSPS) is 23.2. The Morgan fingerprint density at radius 3 is 2.53 bits per heavy atom. The zero-order valence-electron chi connectivity index (χ0n) is 15.8. The molecule has 1 saturated carbocycles. The lowest BCUT2D eigenvalue weighted by atomic mass is 10.1. The molecular formula is C21H19ClN4O3S. The fourth-order valence-electron chi connectivity index (χ4n) is 4.20. The van der Waals surface area contributed by atoms with Crippen LogP contribution < -0.4 is 10.6 Å². The first-order valence-corrected chi connectivity index (χ1v) is 11.4. The molecule has 154 valence electrons. The molecule has 7 nitrogen and oxygen atoms in total. The van der Waals surface area contributed by atoms with Crippen molar-refractivity contribution in [3.63, 3.8) is 0 Å². The molecule has 9 heteroatoms. The SMILES string of the molecule is O=C(Nc1cccc2cnccc12)NC1C2CN(S(=O)(=O)c3ccc(Cl)cc3)CC21. The van der Waals surface area contributed by atoms with Gasteiger partial charge >= 0.3 is 6.03 Å². The number of halogens is 1. The monoisotopic (exact) mass is 442 g/mol. The van der Waals surface area contributed by atoms with Gasteiger partial charge in [-0.1, -0.05) is 23.7 Å². The number of piperidine rings is 1. The molecule has 0 bridgehead atoms. The van der Waals surface area contributed by atoms with Crippen LogP contribution in [-0.2, 0) is 10.0 Å². The molecule has 2 N–H and O–H groups in total. The van der Waals surface area contributed by atoms with Gasteiger partial charge in [0, 0.05) is 47.3 Å². The number of urea groups is 1. The summed E-state index contributed by atoms with van der Waals surface area (Å²) in [5.74, 6) is 0.268. The van der Waals surface area contributed by atoms with Gasteiger partial charge in [0.15, 0.2) is 0 Å². The Hall–Kier alpha value is -2.68. The molecule has 1 aliphatic carbocycles. The number of anilines is 1. The number of nitrogens with zero attached hydrogens (tertiary/aromatic N) is 2. The molecule has 0 radical (unpaired) electrons. The number of hydrogen-bond donors (Lipinski definition) is 2. The third kappa shape index (κ3) is 3.40. The number of carbonyl (C=O) groups is 1. The van der Waals surface area contributed by atoms with Gasteiger partial charge in [0.2, 0.25) is 10.0 Å². The van der Waals surface area contributed by atoms with E-state index < -0.39 is 10.0 Å². The van der Waals surface area contributed by atoms with Crippen molar-refractivity contribution in [2.75, 3.05) is 18.4 Å². The van der Waals surface area contributed by atoms with Crippen molar-refractivity contribution < 1.29 is 13.2 Å². The van der Waals surface area contributed by atoms with Crippen LogP contribution in [0.4, 0.5) is 10.5 Å². The first kappa shape index (κ1) is 19.3. The van der Waals surface area contributed by atoms with E-state index in [4.69, 9.17) is 11.6 Å². The second kappa shape index (κ2) is 7.23. The van der Waals surface area contributed by atoms with E-state index in [-0.39, 0.29) is 28.8 Å². The smallest absolute Gasteiger partial charge is 0.319 e. The van der Waals surface area contributed by atoms with Crippen molar-refractivity contribution in [3.05, 3.63) is 65.9 Å². The number of amides is 2. The maximum Gasteiger partial charge on any atom is 0.319 e. The molecule has 2 unspecified atom stereocenters. The predicted molar refractivity (Wildman–Crippen MR) is 115 cm³/mol. The summed E-state index contributed by atoms with van der Waals surface area (Å²) in [5, 5.41) is 8.24. The number of fused-ring (bicyclic) bond motifs is 2. The predicted octanol–water partition coefficient (Wildman–Crippen LogP) is 3.33. The molecule has 1 aliphatic heterocycles. The Labute approximate surface area is 179 Å². The van der Waals surface area contributed by atoms with E-state index in [9.17, 15) is 13.2 Å². The van der Waals surface area contributed by atoms with Gasteiger partial charge in [0.1, 0.15) is 0 Å². The number of sulfonamides is 1. The van der Waals surface area contributed by atoms with Gasteiger partial charge in [0.05, 0.1) is 10.6 Å². The molecule has 0 spiro atoms. The summed E-state index contributed by atoms with van der Waals surface area (Å²) in [7, 11) is -3.54. The average molecular weight is 443 g/mol. The zero-order valence-corrected chi connectivity index (χ0v) is 17.4. The third-order valence-electron chi connectivity index (χ3n) is 5.84. The summed E-state index contributed by atoms with van der Waals surface area (Å²) in [5.41, 5.74) is 0.713. The van der Waals surface area contributed by atoms with E-state index in [1.54, 1.807) is 24.5 Å². The highest BCUT2D eigenvalue weighted by Gasteiger charge is 2.58. The Balaban J connectivity index is 1.21. The Kier molecular flexibility index (Phi) is 4.65. The van der Waals surface area contributed by atoms with E-state index in [1.807, 2.05) is 24.3 Å². The molecule has 2 fully saturated rings. The topological polar surface area (TPSA) is 91.4 Å². The van der Waals surface area contributed by atoms with E-state index >= 15 is 0 Å². The van der Waals surface area contributed by atoms with Crippen LogP contribution in [0.5, 0.6) is 0 Å². The van der Waals surface area contributed by atoms with Gasteiger partial charge in [-0.05, 0) is 48.2 Å². The van der Waals surface area contributed by atoms with Gasteiger partial charge in [-0.15, -0.1) is 0 Å². The molecule has 1 aromatic heterocycles. The maximum absolute atomic E-state index is 12.8. The van der Waals surface area contributed by atoms with Gasteiger partial charge in [-0.3, -0.25) is 4.98 Å². The van der Waals surface area contributed by atoms with Crippen molar-refractivity contribution in [3.8, 4) is 0 Å². The molecule has 2 atom stereocenters. The lowest BCUT2D eigenvalue weighted by Crippen LogP contribution is -2.39. The standard InChI is InChI=1S/C21H19ClN4O3S/c22-14-4-6-15(7-5-14)30(28,29)26-11-17-18(12-26)20(17)25-21(27)24-19-3-1-2-13-10-23-9-8-16(13)19/h1-10,17-18,20H,11-12H2,(H2,24,25,27). The number of pyridine rings is 1. The largest absolute Gasteiger partial charge is 0.334 e. The van der Waals surface area contributed by atoms with Gasteiger partial charge < -0.3 is 10.6 Å². The van der Waals surface area contributed by atoms with E-state index in [0.717, 1.165) is 10.8 Å². The quantitative estimate of drug-likeness (QED) is 0.648. The fourth-order valence-corrected chi connectivity index (χ4v) is 5.84. The lowest BCUT2D eigenvalue weighted by Gasteiger charge is -2.20. The van der Waals surface area contributed by atoms with Crippen LogP contribution in [0.25, 0.3) is 10.8 Å². The minimum atomic E-state index is -3.54. The van der Waals surface area contributed by atoms with Crippen LogP contribution in [0.3, 0.4) is 0 Å². The summed E-state index contributed by atoms with van der Waals surface area (Å²) in [4.78, 5) is 16.8. The van der Waals surface area contributed by atoms with Crippen LogP contribution >= 0.6 is 11.6 Å². The molecule has 2 aliphatic rings. The molecule has 3 aromatic rings. The summed E-state index contributed by atoms with van der Waals surface area (Å²) in [6, 6.07) is 13.4. The molecule has 30 heavy (non-hydrogen) atoms. The lowest BCUT2D eigenvalue weighted by molar-refractivity contribution is 0.250. The fraction of sp³-hybridized carbons (Fsp3) is 0.238. The van der Waals surface area contributed by atoms with Gasteiger partial charge in [-0.25, -0.2) is 13.2 Å². The number of nitrogens with one attached hydrogen (secondary N) is 2. The highest BCUT2D eigenvalue weighted by Crippen LogP contribution is 2.47. The molecular weight excluding hydrogens is 424 g/mol. The van der Waals surface area contributed by atoms with Crippen molar-refractivity contribution in [1.29, 1.82) is 0 Å². The number of carbonyl (C=O) groups excluding carboxylic acids is 1. The minimum Gasteiger partial charge on any atom is -0.334 e. The minimum absolute atomic E-state index is 0.0155. The highest BCUT2D eigenvalue weighted by molar-refractivity contribution is 7.89. The van der Waals surface area contributed by atoms with Crippen LogP contribution in [0, 0.1) is 11.8 Å². The molecule has 2 amide bonds. The van der Waals surface area contributed by atoms with Crippen LogP contribution in [0.2, 0.25) is 5.02 Å². The van der Waals surface area contributed by atoms with Crippen molar-refractivity contribution in [2.45, 2.75) is 10.9 Å². The van der Waals surface area contributed by atoms with Crippen LogP contribution in [0.1, 0.15) is 0 Å². The van der Waals surface area contributed by atoms with E-state index in [0.29, 0.717) is 23.8 Å². The van der Waals surface area contributed by atoms with Gasteiger partial charge in [0.25, 0.3) is 0 Å². The number of rotatable bonds is 4. The maximum atomic E-state index is 12.8. The number of hydrogen-bond acceptors (Lipinski definition) is 4. The highest BCUT2D eigenvalue weighted by atomic mass is 35.5. The molecule has 2 heterocycles. The van der Waals surface area contributed by atoms with E-state index in [2.05, 4.69) is 15.6 Å². The Bertz CT molecular complexity index is 1220. The second-order valence-corrected chi connectivity index (χ2v) is 10.0. The number of aromatic nitrogens is 1. The molecule has 2 aromatic carbocycles. The first-order valence-electron chi connectivity index (χ1n) is 9.59. The summed E-state index contributed by atoms with van der Waals surface area (Å²) < 4.78 is 27.1. The Morgan fingerprint density at radius 2 is 1.80 bits per heavy atom. The van der Waals surface area contributed by atoms with Crippen molar-refractivity contribution >= 4 is 44.1 Å². The van der Waals surface area contributed by atoms with Crippen molar-refractivity contribution in [1.82, 2.24) is 14.6 Å². The summed E-state index contributed by atoms with van der Waals surface area (Å²) in [6.45, 7) is 0.807. The molecule has 1 saturated heterocycles. The average Bonchev–Trinajstić information content (AvgIpc) is 3.16. The summed E-state index contributed by atoms with van der Waals surface area (Å²) >= 11 is 5.85.